The van der Waals surface area contributed by atoms with Crippen LogP contribution in [0.3, 0.4) is 0 Å². The minimum Gasteiger partial charge on any atom is -0.490 e. The predicted octanol–water partition coefficient (Wildman–Crippen LogP) is 7.64. The highest BCUT2D eigenvalue weighted by Gasteiger charge is 2.30. The molecule has 236 valence electrons. The Morgan fingerprint density at radius 2 is 1.91 bits per heavy atom. The van der Waals surface area contributed by atoms with Crippen molar-refractivity contribution < 1.29 is 18.3 Å². The standard InChI is InChI=1S/C36H35F2N5O2S/c1-6-31(44)42-17-21(4)43-26(19-42)16-29(40-43)35-33(32-28(38)14-25(37)15-30(32)45-20(2)3)36-27(10-12-46-36)34(39-35)23-7-8-24-18-41(5)11-9-22(24)13-23/h6-8,10,12-16,20-21H,1,9,11,17-19H2,2-5H3. The number of benzene rings is 2. The van der Waals surface area contributed by atoms with Crippen LogP contribution in [0.15, 0.2) is 60.5 Å². The number of halogens is 2. The molecule has 5 heterocycles. The number of thiophene rings is 1. The summed E-state index contributed by atoms with van der Waals surface area (Å²) in [6, 6.07) is 12.4. The zero-order chi connectivity index (χ0) is 32.3. The molecule has 2 aliphatic heterocycles. The van der Waals surface area contributed by atoms with E-state index in [1.54, 1.807) is 4.90 Å². The van der Waals surface area contributed by atoms with Crippen LogP contribution in [0.1, 0.15) is 43.6 Å². The molecule has 1 amide bonds. The second kappa shape index (κ2) is 11.7. The molecule has 0 N–H and O–H groups in total. The molecular weight excluding hydrogens is 604 g/mol. The summed E-state index contributed by atoms with van der Waals surface area (Å²) >= 11 is 1.48. The number of amides is 1. The van der Waals surface area contributed by atoms with Gasteiger partial charge in [-0.15, -0.1) is 11.3 Å². The molecule has 0 aliphatic carbocycles. The van der Waals surface area contributed by atoms with Crippen molar-refractivity contribution in [2.75, 3.05) is 20.1 Å². The lowest BCUT2D eigenvalue weighted by atomic mass is 9.93. The average molecular weight is 640 g/mol. The van der Waals surface area contributed by atoms with E-state index in [-0.39, 0.29) is 29.4 Å². The number of nitrogens with zero attached hydrogens (tertiary/aromatic N) is 5. The Hall–Kier alpha value is -4.41. The van der Waals surface area contributed by atoms with Gasteiger partial charge in [0.05, 0.1) is 35.6 Å². The van der Waals surface area contributed by atoms with Crippen molar-refractivity contribution >= 4 is 27.3 Å². The lowest BCUT2D eigenvalue weighted by Crippen LogP contribution is -2.39. The van der Waals surface area contributed by atoms with Crippen LogP contribution in [-0.2, 0) is 24.3 Å². The molecule has 0 saturated heterocycles. The molecule has 7 rings (SSSR count). The van der Waals surface area contributed by atoms with Gasteiger partial charge in [0.1, 0.15) is 28.8 Å². The molecule has 5 aromatic rings. The highest BCUT2D eigenvalue weighted by atomic mass is 32.1. The quantitative estimate of drug-likeness (QED) is 0.179. The molecule has 0 saturated carbocycles. The van der Waals surface area contributed by atoms with Crippen molar-refractivity contribution in [3.63, 3.8) is 0 Å². The predicted molar refractivity (Wildman–Crippen MR) is 178 cm³/mol. The van der Waals surface area contributed by atoms with Gasteiger partial charge in [0.2, 0.25) is 5.91 Å². The van der Waals surface area contributed by atoms with E-state index in [2.05, 4.69) is 36.7 Å². The molecule has 2 aliphatic rings. The Labute approximate surface area is 270 Å². The molecular formula is C36H35F2N5O2S. The maximum atomic E-state index is 16.1. The summed E-state index contributed by atoms with van der Waals surface area (Å²) in [4.78, 5) is 21.9. The maximum absolute atomic E-state index is 16.1. The normalized spacial score (nSPS) is 16.5. The van der Waals surface area contributed by atoms with E-state index in [1.165, 1.54) is 34.6 Å². The van der Waals surface area contributed by atoms with E-state index in [4.69, 9.17) is 14.8 Å². The fraction of sp³-hybridized carbons (Fsp3) is 0.306. The second-order valence-electron chi connectivity index (χ2n) is 12.5. The van der Waals surface area contributed by atoms with E-state index in [1.807, 2.05) is 43.0 Å². The second-order valence-corrected chi connectivity index (χ2v) is 13.4. The number of rotatable bonds is 6. The van der Waals surface area contributed by atoms with E-state index in [0.29, 0.717) is 30.0 Å². The number of hydrogen-bond acceptors (Lipinski definition) is 6. The van der Waals surface area contributed by atoms with Crippen molar-refractivity contribution in [1.29, 1.82) is 0 Å². The highest BCUT2D eigenvalue weighted by Crippen LogP contribution is 2.47. The molecule has 46 heavy (non-hydrogen) atoms. The lowest BCUT2D eigenvalue weighted by Gasteiger charge is -2.31. The first-order valence-corrected chi connectivity index (χ1v) is 16.4. The summed E-state index contributed by atoms with van der Waals surface area (Å²) in [6.45, 7) is 12.0. The number of carbonyl (C=O) groups excluding carboxylic acids is 1. The molecule has 0 spiro atoms. The van der Waals surface area contributed by atoms with Crippen molar-refractivity contribution in [3.05, 3.63) is 89.0 Å². The van der Waals surface area contributed by atoms with Gasteiger partial charge in [0, 0.05) is 53.0 Å². The van der Waals surface area contributed by atoms with E-state index in [0.717, 1.165) is 52.6 Å². The minimum atomic E-state index is -0.737. The van der Waals surface area contributed by atoms with Crippen molar-refractivity contribution in [2.24, 2.45) is 0 Å². The van der Waals surface area contributed by atoms with Crippen LogP contribution in [0.4, 0.5) is 8.78 Å². The first-order chi connectivity index (χ1) is 22.1. The van der Waals surface area contributed by atoms with Crippen LogP contribution in [0.25, 0.3) is 43.9 Å². The molecule has 1 atom stereocenters. The van der Waals surface area contributed by atoms with Gasteiger partial charge in [0.25, 0.3) is 0 Å². The molecule has 3 aromatic heterocycles. The molecule has 0 bridgehead atoms. The van der Waals surface area contributed by atoms with Crippen LogP contribution in [0.2, 0.25) is 0 Å². The van der Waals surface area contributed by atoms with Crippen LogP contribution in [0, 0.1) is 11.6 Å². The zero-order valence-electron chi connectivity index (χ0n) is 26.3. The number of hydrogen-bond donors (Lipinski definition) is 0. The fourth-order valence-electron chi connectivity index (χ4n) is 6.64. The number of fused-ring (bicyclic) bond motifs is 3. The number of pyridine rings is 1. The van der Waals surface area contributed by atoms with Crippen molar-refractivity contribution in [3.8, 4) is 39.5 Å². The van der Waals surface area contributed by atoms with Gasteiger partial charge in [-0.05, 0) is 75.0 Å². The molecule has 7 nitrogen and oxygen atoms in total. The largest absolute Gasteiger partial charge is 0.490 e. The van der Waals surface area contributed by atoms with Crippen molar-refractivity contribution in [1.82, 2.24) is 24.6 Å². The summed E-state index contributed by atoms with van der Waals surface area (Å²) in [6.07, 6.45) is 1.94. The first kappa shape index (κ1) is 30.3. The maximum Gasteiger partial charge on any atom is 0.246 e. The topological polar surface area (TPSA) is 63.5 Å². The zero-order valence-corrected chi connectivity index (χ0v) is 27.1. The van der Waals surface area contributed by atoms with E-state index < -0.39 is 11.6 Å². The molecule has 2 aromatic carbocycles. The average Bonchev–Trinajstić information content (AvgIpc) is 3.68. The van der Waals surface area contributed by atoms with E-state index in [9.17, 15) is 9.18 Å². The Balaban J connectivity index is 1.50. The molecule has 10 heteroatoms. The van der Waals surface area contributed by atoms with Gasteiger partial charge >= 0.3 is 0 Å². The number of carbonyl (C=O) groups is 1. The first-order valence-electron chi connectivity index (χ1n) is 15.5. The summed E-state index contributed by atoms with van der Waals surface area (Å²) < 4.78 is 39.4. The third kappa shape index (κ3) is 5.29. The van der Waals surface area contributed by atoms with Crippen LogP contribution in [0.5, 0.6) is 5.75 Å². The Kier molecular flexibility index (Phi) is 7.73. The van der Waals surface area contributed by atoms with Crippen molar-refractivity contribution in [2.45, 2.75) is 52.4 Å². The molecule has 0 fully saturated rings. The molecule has 0 radical (unpaired) electrons. The van der Waals surface area contributed by atoms with Crippen LogP contribution < -0.4 is 4.74 Å². The van der Waals surface area contributed by atoms with Gasteiger partial charge in [-0.2, -0.15) is 5.10 Å². The number of likely N-dealkylation sites (N-methyl/N-ethyl adjacent to an activating group) is 1. The van der Waals surface area contributed by atoms with E-state index >= 15 is 4.39 Å². The lowest BCUT2D eigenvalue weighted by molar-refractivity contribution is -0.127. The summed E-state index contributed by atoms with van der Waals surface area (Å²) in [5.41, 5.74) is 6.83. The Morgan fingerprint density at radius 3 is 2.70 bits per heavy atom. The van der Waals surface area contributed by atoms with Crippen LogP contribution >= 0.6 is 11.3 Å². The summed E-state index contributed by atoms with van der Waals surface area (Å²) in [7, 11) is 2.13. The highest BCUT2D eigenvalue weighted by molar-refractivity contribution is 7.18. The summed E-state index contributed by atoms with van der Waals surface area (Å²) in [5, 5.41) is 7.85. The Bertz CT molecular complexity index is 2020. The van der Waals surface area contributed by atoms with Gasteiger partial charge < -0.3 is 14.5 Å². The smallest absolute Gasteiger partial charge is 0.246 e. The van der Waals surface area contributed by atoms with Gasteiger partial charge in [-0.1, -0.05) is 18.7 Å². The summed E-state index contributed by atoms with van der Waals surface area (Å²) in [5.74, 6) is -1.50. The van der Waals surface area contributed by atoms with Gasteiger partial charge in [0.15, 0.2) is 0 Å². The van der Waals surface area contributed by atoms with Crippen LogP contribution in [-0.4, -0.2) is 56.7 Å². The number of aromatic nitrogens is 3. The molecule has 1 unspecified atom stereocenters. The SMILES string of the molecule is C=CC(=O)N1Cc2cc(-c3nc(-c4ccc5c(c4)CCN(C)C5)c4ccsc4c3-c3c(F)cc(F)cc3OC(C)C)nn2C(C)C1. The monoisotopic (exact) mass is 639 g/mol. The van der Waals surface area contributed by atoms with Gasteiger partial charge in [-0.3, -0.25) is 9.48 Å². The Morgan fingerprint density at radius 1 is 1.09 bits per heavy atom. The fourth-order valence-corrected chi connectivity index (χ4v) is 7.59. The third-order valence-corrected chi connectivity index (χ3v) is 9.65. The minimum absolute atomic E-state index is 0.101. The number of ether oxygens (including phenoxy) is 1. The third-order valence-electron chi connectivity index (χ3n) is 8.72. The van der Waals surface area contributed by atoms with Gasteiger partial charge in [-0.25, -0.2) is 13.8 Å².